The van der Waals surface area contributed by atoms with Gasteiger partial charge < -0.3 is 9.73 Å². The van der Waals surface area contributed by atoms with Crippen molar-refractivity contribution in [2.75, 3.05) is 5.32 Å². The highest BCUT2D eigenvalue weighted by atomic mass is 79.9. The Kier molecular flexibility index (Phi) is 3.23. The lowest BCUT2D eigenvalue weighted by Gasteiger charge is -2.02. The molecule has 0 saturated heterocycles. The molecule has 1 aromatic carbocycles. The Balaban J connectivity index is 2.18. The summed E-state index contributed by atoms with van der Waals surface area (Å²) in [6.45, 7) is 0. The van der Waals surface area contributed by atoms with Crippen molar-refractivity contribution in [1.82, 2.24) is 10.2 Å². The zero-order valence-corrected chi connectivity index (χ0v) is 9.92. The highest BCUT2D eigenvalue weighted by molar-refractivity contribution is 9.10. The molecular formula is C9H7BrClN3O. The first-order chi connectivity index (χ1) is 7.29. The van der Waals surface area contributed by atoms with E-state index in [0.29, 0.717) is 11.9 Å². The Morgan fingerprint density at radius 2 is 2.13 bits per heavy atom. The zero-order chi connectivity index (χ0) is 10.7. The topological polar surface area (TPSA) is 51.0 Å². The number of hydrogen-bond acceptors (Lipinski definition) is 4. The lowest BCUT2D eigenvalue weighted by atomic mass is 10.3. The molecule has 0 saturated carbocycles. The number of rotatable bonds is 3. The van der Waals surface area contributed by atoms with Crippen LogP contribution in [-0.4, -0.2) is 10.2 Å². The second-order valence-corrected chi connectivity index (χ2v) is 3.86. The van der Waals surface area contributed by atoms with E-state index >= 15 is 0 Å². The van der Waals surface area contributed by atoms with E-state index in [9.17, 15) is 0 Å². The molecule has 2 rings (SSSR count). The number of nitrogens with zero attached hydrogens (tertiary/aromatic N) is 2. The average molecular weight is 289 g/mol. The van der Waals surface area contributed by atoms with E-state index in [4.69, 9.17) is 16.0 Å². The van der Waals surface area contributed by atoms with Gasteiger partial charge in [0.2, 0.25) is 5.89 Å². The number of alkyl halides is 1. The van der Waals surface area contributed by atoms with Crippen LogP contribution in [0.5, 0.6) is 0 Å². The quantitative estimate of drug-likeness (QED) is 0.880. The molecule has 1 heterocycles. The van der Waals surface area contributed by atoms with Gasteiger partial charge in [-0.25, -0.2) is 0 Å². The molecule has 0 amide bonds. The third kappa shape index (κ3) is 2.49. The van der Waals surface area contributed by atoms with Gasteiger partial charge in [0, 0.05) is 4.47 Å². The summed E-state index contributed by atoms with van der Waals surface area (Å²) in [5.41, 5.74) is 0.863. The van der Waals surface area contributed by atoms with Gasteiger partial charge >= 0.3 is 6.01 Å². The molecular weight excluding hydrogens is 281 g/mol. The van der Waals surface area contributed by atoms with Crippen LogP contribution >= 0.6 is 27.5 Å². The van der Waals surface area contributed by atoms with Crippen molar-refractivity contribution in [3.8, 4) is 0 Å². The summed E-state index contributed by atoms with van der Waals surface area (Å²) in [5.74, 6) is 0.608. The van der Waals surface area contributed by atoms with Gasteiger partial charge in [0.05, 0.1) is 5.69 Å². The van der Waals surface area contributed by atoms with Crippen LogP contribution in [-0.2, 0) is 5.88 Å². The van der Waals surface area contributed by atoms with Gasteiger partial charge in [0.15, 0.2) is 0 Å². The summed E-state index contributed by atoms with van der Waals surface area (Å²) in [5, 5.41) is 10.5. The molecule has 1 N–H and O–H groups in total. The van der Waals surface area contributed by atoms with Crippen molar-refractivity contribution in [2.45, 2.75) is 5.88 Å². The maximum atomic E-state index is 5.54. The number of hydrogen-bond donors (Lipinski definition) is 1. The summed E-state index contributed by atoms with van der Waals surface area (Å²) < 4.78 is 6.13. The fourth-order valence-corrected chi connectivity index (χ4v) is 1.53. The normalized spacial score (nSPS) is 10.3. The molecule has 0 radical (unpaired) electrons. The fourth-order valence-electron chi connectivity index (χ4n) is 1.04. The molecule has 0 aliphatic rings. The number of aromatic nitrogens is 2. The standard InChI is InChI=1S/C9H7BrClN3O/c10-6-3-1-2-4-7(6)12-9-14-13-8(5-11)15-9/h1-4H,5H2,(H,12,14). The predicted octanol–water partition coefficient (Wildman–Crippen LogP) is 3.31. The minimum atomic E-state index is 0.213. The number of para-hydroxylation sites is 1. The molecule has 1 aromatic heterocycles. The third-order valence-corrected chi connectivity index (χ3v) is 2.62. The fraction of sp³-hybridized carbons (Fsp3) is 0.111. The van der Waals surface area contributed by atoms with Crippen LogP contribution in [0.2, 0.25) is 0 Å². The maximum Gasteiger partial charge on any atom is 0.320 e. The Morgan fingerprint density at radius 3 is 2.80 bits per heavy atom. The number of benzene rings is 1. The van der Waals surface area contributed by atoms with Crippen LogP contribution in [0, 0.1) is 0 Å². The number of anilines is 2. The first-order valence-electron chi connectivity index (χ1n) is 4.19. The van der Waals surface area contributed by atoms with Gasteiger partial charge in [-0.2, -0.15) is 0 Å². The molecule has 0 spiro atoms. The van der Waals surface area contributed by atoms with E-state index in [-0.39, 0.29) is 5.88 Å². The molecule has 0 bridgehead atoms. The van der Waals surface area contributed by atoms with Gasteiger partial charge in [-0.3, -0.25) is 0 Å². The van der Waals surface area contributed by atoms with Gasteiger partial charge in [-0.15, -0.1) is 16.7 Å². The van der Waals surface area contributed by atoms with E-state index in [1.54, 1.807) is 0 Å². The van der Waals surface area contributed by atoms with Gasteiger partial charge in [0.25, 0.3) is 0 Å². The second kappa shape index (κ2) is 4.63. The zero-order valence-electron chi connectivity index (χ0n) is 7.58. The molecule has 2 aromatic rings. The number of halogens is 2. The Labute approximate surface area is 99.8 Å². The first kappa shape index (κ1) is 10.4. The SMILES string of the molecule is ClCc1nnc(Nc2ccccc2Br)o1. The van der Waals surface area contributed by atoms with E-state index in [1.165, 1.54) is 0 Å². The molecule has 78 valence electrons. The molecule has 4 nitrogen and oxygen atoms in total. The lowest BCUT2D eigenvalue weighted by molar-refractivity contribution is 0.530. The summed E-state index contributed by atoms with van der Waals surface area (Å²) in [4.78, 5) is 0. The lowest BCUT2D eigenvalue weighted by Crippen LogP contribution is -1.90. The van der Waals surface area contributed by atoms with Crippen LogP contribution in [0.15, 0.2) is 33.2 Å². The molecule has 0 unspecified atom stereocenters. The number of nitrogens with one attached hydrogen (secondary N) is 1. The van der Waals surface area contributed by atoms with Crippen LogP contribution in [0.25, 0.3) is 0 Å². The maximum absolute atomic E-state index is 5.54. The highest BCUT2D eigenvalue weighted by Gasteiger charge is 2.06. The third-order valence-electron chi connectivity index (χ3n) is 1.70. The smallest absolute Gasteiger partial charge is 0.320 e. The van der Waals surface area contributed by atoms with E-state index in [2.05, 4.69) is 31.4 Å². The van der Waals surface area contributed by atoms with Crippen molar-refractivity contribution < 1.29 is 4.42 Å². The van der Waals surface area contributed by atoms with E-state index < -0.39 is 0 Å². The highest BCUT2D eigenvalue weighted by Crippen LogP contribution is 2.24. The van der Waals surface area contributed by atoms with Crippen molar-refractivity contribution in [3.05, 3.63) is 34.6 Å². The van der Waals surface area contributed by atoms with E-state index in [1.807, 2.05) is 24.3 Å². The molecule has 0 atom stereocenters. The van der Waals surface area contributed by atoms with Crippen LogP contribution in [0.1, 0.15) is 5.89 Å². The average Bonchev–Trinajstić information content (AvgIpc) is 2.69. The van der Waals surface area contributed by atoms with Crippen molar-refractivity contribution in [3.63, 3.8) is 0 Å². The summed E-state index contributed by atoms with van der Waals surface area (Å²) in [6.07, 6.45) is 0. The molecule has 6 heteroatoms. The summed E-state index contributed by atoms with van der Waals surface area (Å²) in [6, 6.07) is 7.98. The van der Waals surface area contributed by atoms with Crippen molar-refractivity contribution >= 4 is 39.2 Å². The minimum Gasteiger partial charge on any atom is -0.407 e. The predicted molar refractivity (Wildman–Crippen MR) is 61.3 cm³/mol. The molecule has 0 aliphatic heterocycles. The largest absolute Gasteiger partial charge is 0.407 e. The Morgan fingerprint density at radius 1 is 1.33 bits per heavy atom. The van der Waals surface area contributed by atoms with Crippen LogP contribution in [0.3, 0.4) is 0 Å². The van der Waals surface area contributed by atoms with Crippen molar-refractivity contribution in [2.24, 2.45) is 0 Å². The van der Waals surface area contributed by atoms with Gasteiger partial charge in [0.1, 0.15) is 5.88 Å². The van der Waals surface area contributed by atoms with Gasteiger partial charge in [-0.05, 0) is 28.1 Å². The molecule has 0 fully saturated rings. The van der Waals surface area contributed by atoms with Crippen LogP contribution in [0.4, 0.5) is 11.7 Å². The summed E-state index contributed by atoms with van der Waals surface area (Å²) in [7, 11) is 0. The van der Waals surface area contributed by atoms with Crippen molar-refractivity contribution in [1.29, 1.82) is 0 Å². The Bertz CT molecular complexity index is 460. The Hall–Kier alpha value is -1.07. The molecule has 15 heavy (non-hydrogen) atoms. The van der Waals surface area contributed by atoms with E-state index in [0.717, 1.165) is 10.2 Å². The van der Waals surface area contributed by atoms with Gasteiger partial charge in [-0.1, -0.05) is 17.2 Å². The summed E-state index contributed by atoms with van der Waals surface area (Å²) >= 11 is 8.94. The second-order valence-electron chi connectivity index (χ2n) is 2.74. The van der Waals surface area contributed by atoms with Crippen LogP contribution < -0.4 is 5.32 Å². The monoisotopic (exact) mass is 287 g/mol. The molecule has 0 aliphatic carbocycles. The first-order valence-corrected chi connectivity index (χ1v) is 5.52. The minimum absolute atomic E-state index is 0.213.